The van der Waals surface area contributed by atoms with Gasteiger partial charge in [-0.2, -0.15) is 5.26 Å². The Morgan fingerprint density at radius 1 is 1.17 bits per heavy atom. The maximum absolute atomic E-state index is 9.85. The molecule has 1 aromatic carbocycles. The Morgan fingerprint density at radius 3 is 2.93 bits per heavy atom. The molecule has 1 aliphatic carbocycles. The first-order chi connectivity index (χ1) is 14.6. The van der Waals surface area contributed by atoms with E-state index in [1.807, 2.05) is 18.3 Å². The van der Waals surface area contributed by atoms with Crippen LogP contribution < -0.4 is 5.73 Å². The zero-order valence-electron chi connectivity index (χ0n) is 17.0. The van der Waals surface area contributed by atoms with Crippen molar-refractivity contribution in [3.8, 4) is 6.07 Å². The lowest BCUT2D eigenvalue weighted by molar-refractivity contribution is 0.440. The summed E-state index contributed by atoms with van der Waals surface area (Å²) in [6, 6.07) is 15.3. The van der Waals surface area contributed by atoms with E-state index in [2.05, 4.69) is 56.8 Å². The topological polar surface area (TPSA) is 93.4 Å². The maximum atomic E-state index is 9.85. The van der Waals surface area contributed by atoms with E-state index >= 15 is 0 Å². The van der Waals surface area contributed by atoms with Gasteiger partial charge in [0.2, 0.25) is 0 Å². The second-order valence-corrected chi connectivity index (χ2v) is 8.36. The number of anilines is 1. The van der Waals surface area contributed by atoms with Crippen molar-refractivity contribution in [3.05, 3.63) is 60.2 Å². The highest BCUT2D eigenvalue weighted by Crippen LogP contribution is 2.44. The number of nitrogens with zero attached hydrogens (tertiary/aromatic N) is 5. The lowest BCUT2D eigenvalue weighted by Crippen LogP contribution is -2.14. The minimum atomic E-state index is -0.0150. The van der Waals surface area contributed by atoms with E-state index in [0.717, 1.165) is 47.9 Å². The number of aromatic nitrogens is 4. The van der Waals surface area contributed by atoms with Crippen LogP contribution >= 0.6 is 0 Å². The lowest BCUT2D eigenvalue weighted by atomic mass is 9.96. The molecule has 0 amide bonds. The van der Waals surface area contributed by atoms with E-state index < -0.39 is 0 Å². The van der Waals surface area contributed by atoms with Crippen LogP contribution in [0, 0.1) is 30.1 Å². The Balaban J connectivity index is 1.36. The first kappa shape index (κ1) is 18.6. The number of hydrogen-bond acceptors (Lipinski definition) is 5. The average molecular weight is 396 g/mol. The number of benzene rings is 1. The Labute approximate surface area is 175 Å². The third-order valence-corrected chi connectivity index (χ3v) is 6.49. The van der Waals surface area contributed by atoms with Gasteiger partial charge in [0.1, 0.15) is 17.8 Å². The average Bonchev–Trinajstić information content (AvgIpc) is 3.32. The quantitative estimate of drug-likeness (QED) is 0.544. The van der Waals surface area contributed by atoms with Crippen molar-refractivity contribution in [3.63, 3.8) is 0 Å². The monoisotopic (exact) mass is 396 g/mol. The molecule has 2 N–H and O–H groups in total. The van der Waals surface area contributed by atoms with E-state index in [0.29, 0.717) is 11.7 Å². The molecular weight excluding hydrogens is 372 g/mol. The van der Waals surface area contributed by atoms with Gasteiger partial charge in [-0.3, -0.25) is 4.98 Å². The molecule has 150 valence electrons. The third-order valence-electron chi connectivity index (χ3n) is 6.49. The number of pyridine rings is 1. The number of fused-ring (bicyclic) bond motifs is 2. The van der Waals surface area contributed by atoms with Crippen molar-refractivity contribution in [1.82, 2.24) is 19.5 Å². The molecule has 3 heterocycles. The van der Waals surface area contributed by atoms with Crippen LogP contribution in [0.1, 0.15) is 36.6 Å². The van der Waals surface area contributed by atoms with E-state index in [-0.39, 0.29) is 12.0 Å². The highest BCUT2D eigenvalue weighted by atomic mass is 15.1. The van der Waals surface area contributed by atoms with Crippen molar-refractivity contribution in [2.75, 3.05) is 5.73 Å². The predicted octanol–water partition coefficient (Wildman–Crippen LogP) is 4.59. The number of nitrogens with two attached hydrogens (primary N) is 1. The van der Waals surface area contributed by atoms with E-state index in [1.165, 1.54) is 17.3 Å². The minimum Gasteiger partial charge on any atom is -0.383 e. The Bertz CT molecular complexity index is 1270. The molecule has 0 saturated heterocycles. The lowest BCUT2D eigenvalue weighted by Gasteiger charge is -2.19. The molecule has 3 aromatic heterocycles. The largest absolute Gasteiger partial charge is 0.383 e. The highest BCUT2D eigenvalue weighted by molar-refractivity contribution is 5.87. The van der Waals surface area contributed by atoms with Crippen LogP contribution in [0.3, 0.4) is 0 Å². The summed E-state index contributed by atoms with van der Waals surface area (Å²) >= 11 is 0. The standard InChI is InChI=1S/C24H24N6/c1-15-9-20-23(26)28-14-29-24(20)30(15)22-12-17(10-19(22)13-25)5-4-16-6-7-18-3-2-8-27-21(18)11-16/h2-3,6-9,11,14,17,19,22H,4-5,10,12H2,1H3,(H2,26,28,29)/t17?,19-,22?/m0/s1. The zero-order chi connectivity index (χ0) is 20.7. The molecule has 3 atom stereocenters. The summed E-state index contributed by atoms with van der Waals surface area (Å²) < 4.78 is 2.21. The Kier molecular flexibility index (Phi) is 4.59. The normalized spacial score (nSPS) is 21.3. The van der Waals surface area contributed by atoms with Crippen molar-refractivity contribution in [2.24, 2.45) is 11.8 Å². The Morgan fingerprint density at radius 2 is 2.07 bits per heavy atom. The molecule has 30 heavy (non-hydrogen) atoms. The second-order valence-electron chi connectivity index (χ2n) is 8.36. The molecule has 0 spiro atoms. The fourth-order valence-electron chi connectivity index (χ4n) is 5.01. The first-order valence-electron chi connectivity index (χ1n) is 10.5. The third kappa shape index (κ3) is 3.17. The summed E-state index contributed by atoms with van der Waals surface area (Å²) in [4.78, 5) is 13.1. The van der Waals surface area contributed by atoms with Crippen molar-refractivity contribution in [1.29, 1.82) is 5.26 Å². The van der Waals surface area contributed by atoms with Gasteiger partial charge in [-0.15, -0.1) is 0 Å². The molecule has 1 aliphatic rings. The SMILES string of the molecule is Cc1cc2c(N)ncnc2n1C1CC(CCc2ccc3cccnc3c2)C[C@H]1C#N. The van der Waals surface area contributed by atoms with Gasteiger partial charge >= 0.3 is 0 Å². The summed E-state index contributed by atoms with van der Waals surface area (Å²) in [6.07, 6.45) is 7.33. The highest BCUT2D eigenvalue weighted by Gasteiger charge is 2.36. The van der Waals surface area contributed by atoms with Gasteiger partial charge in [-0.05, 0) is 62.3 Å². The van der Waals surface area contributed by atoms with Gasteiger partial charge in [-0.1, -0.05) is 18.2 Å². The van der Waals surface area contributed by atoms with E-state index in [9.17, 15) is 5.26 Å². The van der Waals surface area contributed by atoms with Crippen molar-refractivity contribution >= 4 is 27.8 Å². The molecule has 4 aromatic rings. The van der Waals surface area contributed by atoms with Crippen LogP contribution in [0.25, 0.3) is 21.9 Å². The maximum Gasteiger partial charge on any atom is 0.145 e. The first-order valence-corrected chi connectivity index (χ1v) is 10.5. The van der Waals surface area contributed by atoms with Gasteiger partial charge in [0, 0.05) is 17.3 Å². The van der Waals surface area contributed by atoms with Crippen LogP contribution in [0.2, 0.25) is 0 Å². The van der Waals surface area contributed by atoms with Crippen molar-refractivity contribution in [2.45, 2.75) is 38.6 Å². The Hall–Kier alpha value is -3.46. The molecule has 6 nitrogen and oxygen atoms in total. The van der Waals surface area contributed by atoms with Crippen LogP contribution in [-0.2, 0) is 6.42 Å². The molecule has 5 rings (SSSR count). The molecule has 0 radical (unpaired) electrons. The van der Waals surface area contributed by atoms with Crippen molar-refractivity contribution < 1.29 is 0 Å². The summed E-state index contributed by atoms with van der Waals surface area (Å²) in [6.45, 7) is 2.06. The number of nitrogen functional groups attached to an aromatic ring is 1. The zero-order valence-corrected chi connectivity index (χ0v) is 17.0. The number of rotatable bonds is 4. The molecule has 0 bridgehead atoms. The molecule has 6 heteroatoms. The second kappa shape index (κ2) is 7.42. The van der Waals surface area contributed by atoms with Gasteiger partial charge in [0.15, 0.2) is 0 Å². The van der Waals surface area contributed by atoms with Gasteiger partial charge in [0.05, 0.1) is 28.9 Å². The predicted molar refractivity (Wildman–Crippen MR) is 118 cm³/mol. The summed E-state index contributed by atoms with van der Waals surface area (Å²) in [5.74, 6) is 0.990. The fourth-order valence-corrected chi connectivity index (χ4v) is 5.01. The van der Waals surface area contributed by atoms with Crippen LogP contribution in [-0.4, -0.2) is 19.5 Å². The van der Waals surface area contributed by atoms with Crippen LogP contribution in [0.15, 0.2) is 48.9 Å². The summed E-state index contributed by atoms with van der Waals surface area (Å²) in [7, 11) is 0. The molecule has 2 unspecified atom stereocenters. The number of nitriles is 1. The van der Waals surface area contributed by atoms with Gasteiger partial charge in [-0.25, -0.2) is 9.97 Å². The van der Waals surface area contributed by atoms with Crippen LogP contribution in [0.4, 0.5) is 5.82 Å². The molecular formula is C24H24N6. The summed E-state index contributed by atoms with van der Waals surface area (Å²) in [5, 5.41) is 11.9. The fraction of sp³-hybridized carbons (Fsp3) is 0.333. The van der Waals surface area contributed by atoms with Crippen LogP contribution in [0.5, 0.6) is 0 Å². The van der Waals surface area contributed by atoms with Gasteiger partial charge < -0.3 is 10.3 Å². The van der Waals surface area contributed by atoms with E-state index in [4.69, 9.17) is 5.73 Å². The van der Waals surface area contributed by atoms with Gasteiger partial charge in [0.25, 0.3) is 0 Å². The number of aryl methyl sites for hydroxylation is 2. The molecule has 0 aliphatic heterocycles. The van der Waals surface area contributed by atoms with E-state index in [1.54, 1.807) is 0 Å². The minimum absolute atomic E-state index is 0.0150. The smallest absolute Gasteiger partial charge is 0.145 e. The molecule has 1 fully saturated rings. The molecule has 1 saturated carbocycles. The summed E-state index contributed by atoms with van der Waals surface area (Å²) in [5.41, 5.74) is 10.3. The number of hydrogen-bond donors (Lipinski definition) is 1.